The maximum atomic E-state index is 12.0. The highest BCUT2D eigenvalue weighted by Gasteiger charge is 2.15. The van der Waals surface area contributed by atoms with E-state index >= 15 is 0 Å². The Labute approximate surface area is 162 Å². The van der Waals surface area contributed by atoms with Crippen LogP contribution in [-0.4, -0.2) is 43.5 Å². The lowest BCUT2D eigenvalue weighted by Gasteiger charge is -2.12. The van der Waals surface area contributed by atoms with Crippen molar-refractivity contribution < 1.29 is 9.21 Å². The van der Waals surface area contributed by atoms with Gasteiger partial charge >= 0.3 is 0 Å². The number of thioether (sulfide) groups is 1. The number of carbonyl (C=O) groups excluding carboxylic acids is 1. The molecule has 0 aliphatic carbocycles. The van der Waals surface area contributed by atoms with Crippen LogP contribution in [0.4, 0.5) is 5.82 Å². The van der Waals surface area contributed by atoms with E-state index in [9.17, 15) is 4.79 Å². The minimum Gasteiger partial charge on any atom is -0.459 e. The molecule has 0 atom stereocenters. The molecule has 9 heteroatoms. The van der Waals surface area contributed by atoms with Crippen LogP contribution < -0.4 is 10.6 Å². The summed E-state index contributed by atoms with van der Waals surface area (Å²) < 4.78 is 6.88. The number of anilines is 1. The SMILES string of the molecule is CC(C)Nc1nc(SC(C)C)nc2c1cnn2CCNC(=O)c1ccco1. The predicted octanol–water partition coefficient (Wildman–Crippen LogP) is 3.17. The van der Waals surface area contributed by atoms with E-state index < -0.39 is 0 Å². The Morgan fingerprint density at radius 1 is 1.30 bits per heavy atom. The van der Waals surface area contributed by atoms with Crippen LogP contribution >= 0.6 is 11.8 Å². The molecule has 0 bridgehead atoms. The lowest BCUT2D eigenvalue weighted by molar-refractivity contribution is 0.0924. The standard InChI is InChI=1S/C18H24N6O2S/c1-11(2)21-15-13-10-20-24(16(13)23-18(22-15)27-12(3)4)8-7-19-17(25)14-6-5-9-26-14/h5-6,9-12H,7-8H2,1-4H3,(H,19,25)(H,21,22,23). The van der Waals surface area contributed by atoms with Crippen LogP contribution in [0.15, 0.2) is 34.2 Å². The molecule has 1 amide bonds. The van der Waals surface area contributed by atoms with E-state index in [2.05, 4.69) is 53.4 Å². The van der Waals surface area contributed by atoms with Gasteiger partial charge < -0.3 is 15.1 Å². The summed E-state index contributed by atoms with van der Waals surface area (Å²) in [4.78, 5) is 21.3. The van der Waals surface area contributed by atoms with Crippen LogP contribution in [0, 0.1) is 0 Å². The number of carbonyl (C=O) groups is 1. The summed E-state index contributed by atoms with van der Waals surface area (Å²) in [7, 11) is 0. The molecule has 0 aliphatic heterocycles. The van der Waals surface area contributed by atoms with Gasteiger partial charge in [0.05, 0.1) is 24.4 Å². The summed E-state index contributed by atoms with van der Waals surface area (Å²) in [6, 6.07) is 3.56. The molecular formula is C18H24N6O2S. The van der Waals surface area contributed by atoms with Crippen LogP contribution in [-0.2, 0) is 6.54 Å². The third kappa shape index (κ3) is 4.79. The molecule has 0 saturated carbocycles. The summed E-state index contributed by atoms with van der Waals surface area (Å²) in [5, 5.41) is 12.6. The van der Waals surface area contributed by atoms with Crippen molar-refractivity contribution in [3.05, 3.63) is 30.4 Å². The molecule has 144 valence electrons. The second-order valence-corrected chi connectivity index (χ2v) is 8.20. The van der Waals surface area contributed by atoms with Crippen LogP contribution in [0.3, 0.4) is 0 Å². The summed E-state index contributed by atoms with van der Waals surface area (Å²) in [5.74, 6) is 0.829. The number of nitrogens with one attached hydrogen (secondary N) is 2. The first kappa shape index (κ1) is 19.2. The zero-order chi connectivity index (χ0) is 19.4. The van der Waals surface area contributed by atoms with Crippen molar-refractivity contribution in [1.82, 2.24) is 25.1 Å². The molecule has 2 N–H and O–H groups in total. The normalized spacial score (nSPS) is 11.5. The lowest BCUT2D eigenvalue weighted by atomic mass is 10.3. The molecule has 0 unspecified atom stereocenters. The fraction of sp³-hybridized carbons (Fsp3) is 0.444. The Morgan fingerprint density at radius 2 is 2.11 bits per heavy atom. The molecular weight excluding hydrogens is 364 g/mol. The Morgan fingerprint density at radius 3 is 2.78 bits per heavy atom. The summed E-state index contributed by atoms with van der Waals surface area (Å²) >= 11 is 1.61. The molecule has 0 radical (unpaired) electrons. The molecule has 3 aromatic rings. The molecule has 3 rings (SSSR count). The first-order chi connectivity index (χ1) is 12.9. The number of hydrogen-bond donors (Lipinski definition) is 2. The zero-order valence-electron chi connectivity index (χ0n) is 15.9. The van der Waals surface area contributed by atoms with Crippen molar-refractivity contribution >= 4 is 34.5 Å². The van der Waals surface area contributed by atoms with Crippen LogP contribution in [0.2, 0.25) is 0 Å². The monoisotopic (exact) mass is 388 g/mol. The largest absolute Gasteiger partial charge is 0.459 e. The second kappa shape index (κ2) is 8.43. The number of amides is 1. The maximum Gasteiger partial charge on any atom is 0.287 e. The number of furan rings is 1. The van der Waals surface area contributed by atoms with Gasteiger partial charge in [-0.05, 0) is 26.0 Å². The highest BCUT2D eigenvalue weighted by atomic mass is 32.2. The van der Waals surface area contributed by atoms with E-state index in [4.69, 9.17) is 4.42 Å². The zero-order valence-corrected chi connectivity index (χ0v) is 16.7. The summed E-state index contributed by atoms with van der Waals surface area (Å²) in [5.41, 5.74) is 0.753. The smallest absolute Gasteiger partial charge is 0.287 e. The van der Waals surface area contributed by atoms with Crippen LogP contribution in [0.5, 0.6) is 0 Å². The van der Waals surface area contributed by atoms with Crippen molar-refractivity contribution in [2.45, 2.75) is 50.7 Å². The molecule has 3 aromatic heterocycles. The van der Waals surface area contributed by atoms with Crippen molar-refractivity contribution in [2.24, 2.45) is 0 Å². The number of fused-ring (bicyclic) bond motifs is 1. The van der Waals surface area contributed by atoms with E-state index in [1.54, 1.807) is 34.8 Å². The predicted molar refractivity (Wildman–Crippen MR) is 106 cm³/mol. The average molecular weight is 388 g/mol. The fourth-order valence-electron chi connectivity index (χ4n) is 2.52. The minimum absolute atomic E-state index is 0.246. The second-order valence-electron chi connectivity index (χ2n) is 6.66. The third-order valence-corrected chi connectivity index (χ3v) is 4.46. The lowest BCUT2D eigenvalue weighted by Crippen LogP contribution is -2.27. The molecule has 0 fully saturated rings. The van der Waals surface area contributed by atoms with E-state index in [0.29, 0.717) is 29.3 Å². The maximum absolute atomic E-state index is 12.0. The molecule has 0 aliphatic rings. The molecule has 0 saturated heterocycles. The molecule has 8 nitrogen and oxygen atoms in total. The first-order valence-electron chi connectivity index (χ1n) is 8.92. The van der Waals surface area contributed by atoms with Crippen LogP contribution in [0.1, 0.15) is 38.2 Å². The van der Waals surface area contributed by atoms with E-state index in [1.165, 1.54) is 6.26 Å². The Hall–Kier alpha value is -2.55. The van der Waals surface area contributed by atoms with Gasteiger partial charge in [-0.25, -0.2) is 14.6 Å². The van der Waals surface area contributed by atoms with Gasteiger partial charge in [-0.15, -0.1) is 0 Å². The van der Waals surface area contributed by atoms with E-state index in [1.807, 2.05) is 0 Å². The van der Waals surface area contributed by atoms with Gasteiger partial charge in [0.25, 0.3) is 5.91 Å². The number of rotatable bonds is 8. The van der Waals surface area contributed by atoms with Crippen LogP contribution in [0.25, 0.3) is 11.0 Å². The topological polar surface area (TPSA) is 97.9 Å². The van der Waals surface area contributed by atoms with Crippen molar-refractivity contribution in [3.8, 4) is 0 Å². The van der Waals surface area contributed by atoms with Gasteiger partial charge in [-0.1, -0.05) is 25.6 Å². The van der Waals surface area contributed by atoms with Crippen molar-refractivity contribution in [1.29, 1.82) is 0 Å². The van der Waals surface area contributed by atoms with Gasteiger partial charge in [0.2, 0.25) is 0 Å². The highest BCUT2D eigenvalue weighted by Crippen LogP contribution is 2.26. The fourth-order valence-corrected chi connectivity index (χ4v) is 3.22. The average Bonchev–Trinajstić information content (AvgIpc) is 3.24. The molecule has 27 heavy (non-hydrogen) atoms. The highest BCUT2D eigenvalue weighted by molar-refractivity contribution is 7.99. The van der Waals surface area contributed by atoms with Gasteiger partial charge in [0, 0.05) is 17.8 Å². The summed E-state index contributed by atoms with van der Waals surface area (Å²) in [6.45, 7) is 9.26. The summed E-state index contributed by atoms with van der Waals surface area (Å²) in [6.07, 6.45) is 3.24. The number of aromatic nitrogens is 4. The van der Waals surface area contributed by atoms with Gasteiger partial charge in [-0.3, -0.25) is 4.79 Å². The molecule has 0 aromatic carbocycles. The number of hydrogen-bond acceptors (Lipinski definition) is 7. The van der Waals surface area contributed by atoms with Gasteiger partial charge in [-0.2, -0.15) is 5.10 Å². The first-order valence-corrected chi connectivity index (χ1v) is 9.80. The van der Waals surface area contributed by atoms with Gasteiger partial charge in [0.15, 0.2) is 16.6 Å². The molecule has 3 heterocycles. The van der Waals surface area contributed by atoms with E-state index in [-0.39, 0.29) is 11.9 Å². The minimum atomic E-state index is -0.246. The quantitative estimate of drug-likeness (QED) is 0.452. The van der Waals surface area contributed by atoms with Gasteiger partial charge in [0.1, 0.15) is 5.82 Å². The van der Waals surface area contributed by atoms with E-state index in [0.717, 1.165) is 16.9 Å². The van der Waals surface area contributed by atoms with Crippen molar-refractivity contribution in [3.63, 3.8) is 0 Å². The Balaban J connectivity index is 1.79. The number of nitrogens with zero attached hydrogens (tertiary/aromatic N) is 4. The van der Waals surface area contributed by atoms with Crippen molar-refractivity contribution in [2.75, 3.05) is 11.9 Å². The third-order valence-electron chi connectivity index (χ3n) is 3.60. The molecule has 0 spiro atoms. The Bertz CT molecular complexity index is 904. The Kier molecular flexibility index (Phi) is 6.00.